The normalized spacial score (nSPS) is 19.3. The number of para-hydroxylation sites is 1. The first kappa shape index (κ1) is 22.6. The highest BCUT2D eigenvalue weighted by molar-refractivity contribution is 6.25. The second kappa shape index (κ2) is 9.22. The van der Waals surface area contributed by atoms with Crippen LogP contribution in [0.4, 0.5) is 11.4 Å². The Bertz CT molecular complexity index is 1330. The summed E-state index contributed by atoms with van der Waals surface area (Å²) >= 11 is 0. The van der Waals surface area contributed by atoms with Gasteiger partial charge in [-0.1, -0.05) is 41.5 Å². The van der Waals surface area contributed by atoms with E-state index in [4.69, 9.17) is 4.74 Å². The van der Waals surface area contributed by atoms with Crippen LogP contribution in [-0.2, 0) is 9.59 Å². The Morgan fingerprint density at radius 3 is 2.20 bits per heavy atom. The van der Waals surface area contributed by atoms with E-state index in [1.165, 1.54) is 4.90 Å². The molecule has 6 nitrogen and oxygen atoms in total. The topological polar surface area (TPSA) is 75.7 Å². The minimum absolute atomic E-state index is 0.231. The lowest BCUT2D eigenvalue weighted by Gasteiger charge is -2.19. The molecule has 2 aliphatic rings. The zero-order valence-corrected chi connectivity index (χ0v) is 19.7. The predicted octanol–water partition coefficient (Wildman–Crippen LogP) is 5.89. The van der Waals surface area contributed by atoms with Crippen LogP contribution in [-0.4, -0.2) is 17.7 Å². The van der Waals surface area contributed by atoms with Gasteiger partial charge in [0.2, 0.25) is 11.8 Å². The largest absolute Gasteiger partial charge is 0.457 e. The van der Waals surface area contributed by atoms with E-state index in [1.54, 1.807) is 48.5 Å². The van der Waals surface area contributed by atoms with Crippen LogP contribution in [0.3, 0.4) is 0 Å². The number of benzene rings is 3. The Labute approximate surface area is 204 Å². The average Bonchev–Trinajstić information content (AvgIpc) is 3.10. The number of carbonyl (C=O) groups is 3. The smallest absolute Gasteiger partial charge is 0.257 e. The van der Waals surface area contributed by atoms with Crippen molar-refractivity contribution in [1.29, 1.82) is 0 Å². The number of amides is 3. The number of fused-ring (bicyclic) bond motifs is 1. The summed E-state index contributed by atoms with van der Waals surface area (Å²) in [6, 6.07) is 21.5. The van der Waals surface area contributed by atoms with Crippen molar-refractivity contribution in [3.8, 4) is 11.5 Å². The summed E-state index contributed by atoms with van der Waals surface area (Å²) in [6.07, 6.45) is 3.17. The third-order valence-corrected chi connectivity index (χ3v) is 6.58. The van der Waals surface area contributed by atoms with Crippen LogP contribution in [0.1, 0.15) is 35.7 Å². The third kappa shape index (κ3) is 4.47. The van der Waals surface area contributed by atoms with Crippen LogP contribution in [0.15, 0.2) is 84.4 Å². The Morgan fingerprint density at radius 1 is 0.857 bits per heavy atom. The number of nitrogens with zero attached hydrogens (tertiary/aromatic N) is 1. The Kier molecular flexibility index (Phi) is 5.95. The Morgan fingerprint density at radius 2 is 1.49 bits per heavy atom. The van der Waals surface area contributed by atoms with Crippen molar-refractivity contribution < 1.29 is 19.1 Å². The van der Waals surface area contributed by atoms with Crippen LogP contribution in [0.2, 0.25) is 0 Å². The number of anilines is 2. The maximum absolute atomic E-state index is 13.2. The van der Waals surface area contributed by atoms with Crippen molar-refractivity contribution >= 4 is 29.1 Å². The molecule has 1 N–H and O–H groups in total. The van der Waals surface area contributed by atoms with Gasteiger partial charge in [-0.25, -0.2) is 4.90 Å². The zero-order chi connectivity index (χ0) is 24.5. The first-order chi connectivity index (χ1) is 16.9. The maximum atomic E-state index is 13.2. The number of carbonyl (C=O) groups excluding carboxylic acids is 3. The SMILES string of the molecule is CC1=CC[C@@H]2C(=O)N(c3ccccc3C(=O)Nc3ccc(Oc4ccc(C)cc4)cc3)C(=O)[C@@H]2C1. The lowest BCUT2D eigenvalue weighted by Crippen LogP contribution is -2.33. The number of hydrogen-bond donors (Lipinski definition) is 1. The summed E-state index contributed by atoms with van der Waals surface area (Å²) in [5.74, 6) is -0.197. The van der Waals surface area contributed by atoms with Gasteiger partial charge >= 0.3 is 0 Å². The summed E-state index contributed by atoms with van der Waals surface area (Å²) in [5.41, 5.74) is 3.45. The van der Waals surface area contributed by atoms with Gasteiger partial charge in [0.25, 0.3) is 5.91 Å². The number of ether oxygens (including phenoxy) is 1. The van der Waals surface area contributed by atoms with E-state index in [9.17, 15) is 14.4 Å². The highest BCUT2D eigenvalue weighted by Crippen LogP contribution is 2.40. The van der Waals surface area contributed by atoms with E-state index >= 15 is 0 Å². The van der Waals surface area contributed by atoms with E-state index in [1.807, 2.05) is 44.2 Å². The third-order valence-electron chi connectivity index (χ3n) is 6.58. The minimum atomic E-state index is -0.391. The zero-order valence-electron chi connectivity index (χ0n) is 19.7. The molecule has 1 aliphatic carbocycles. The summed E-state index contributed by atoms with van der Waals surface area (Å²) in [7, 11) is 0. The Balaban J connectivity index is 1.33. The fraction of sp³-hybridized carbons (Fsp3) is 0.207. The molecular formula is C29H26N2O4. The molecule has 5 rings (SSSR count). The van der Waals surface area contributed by atoms with Gasteiger partial charge in [0.1, 0.15) is 11.5 Å². The molecule has 3 aromatic carbocycles. The molecule has 6 heteroatoms. The lowest BCUT2D eigenvalue weighted by molar-refractivity contribution is -0.122. The standard InChI is InChI=1S/C29H26N2O4/c1-18-7-12-21(13-8-18)35-22-14-10-20(11-15-22)30-27(32)24-5-3-4-6-26(24)31-28(33)23-16-9-19(2)17-25(23)29(31)34/h3-15,23,25H,16-17H2,1-2H3,(H,30,32)/t23-,25+/m0/s1. The van der Waals surface area contributed by atoms with Gasteiger partial charge in [-0.05, 0) is 75.2 Å². The van der Waals surface area contributed by atoms with E-state index in [0.717, 1.165) is 16.9 Å². The second-order valence-electron chi connectivity index (χ2n) is 9.13. The van der Waals surface area contributed by atoms with Crippen molar-refractivity contribution in [3.05, 3.63) is 95.6 Å². The number of nitrogens with one attached hydrogen (secondary N) is 1. The number of hydrogen-bond acceptors (Lipinski definition) is 4. The monoisotopic (exact) mass is 466 g/mol. The molecule has 3 aromatic rings. The first-order valence-electron chi connectivity index (χ1n) is 11.7. The quantitative estimate of drug-likeness (QED) is 0.376. The van der Waals surface area contributed by atoms with E-state index in [-0.39, 0.29) is 29.2 Å². The van der Waals surface area contributed by atoms with Crippen molar-refractivity contribution in [2.24, 2.45) is 11.8 Å². The van der Waals surface area contributed by atoms with Gasteiger partial charge < -0.3 is 10.1 Å². The van der Waals surface area contributed by atoms with Crippen molar-refractivity contribution in [2.45, 2.75) is 26.7 Å². The summed E-state index contributed by atoms with van der Waals surface area (Å²) in [4.78, 5) is 40.7. The van der Waals surface area contributed by atoms with E-state index < -0.39 is 5.91 Å². The predicted molar refractivity (Wildman–Crippen MR) is 135 cm³/mol. The van der Waals surface area contributed by atoms with E-state index in [0.29, 0.717) is 30.0 Å². The molecule has 0 spiro atoms. The fourth-order valence-electron chi connectivity index (χ4n) is 4.68. The Hall–Kier alpha value is -4.19. The van der Waals surface area contributed by atoms with Crippen LogP contribution >= 0.6 is 0 Å². The molecule has 3 amide bonds. The maximum Gasteiger partial charge on any atom is 0.257 e. The summed E-state index contributed by atoms with van der Waals surface area (Å²) in [5, 5.41) is 2.87. The number of rotatable bonds is 5. The molecule has 1 saturated heterocycles. The molecule has 176 valence electrons. The van der Waals surface area contributed by atoms with Gasteiger partial charge in [0, 0.05) is 5.69 Å². The van der Waals surface area contributed by atoms with Gasteiger partial charge in [0.15, 0.2) is 0 Å². The highest BCUT2D eigenvalue weighted by atomic mass is 16.5. The lowest BCUT2D eigenvalue weighted by atomic mass is 9.82. The molecule has 0 aromatic heterocycles. The summed E-state index contributed by atoms with van der Waals surface area (Å²) < 4.78 is 5.84. The van der Waals surface area contributed by atoms with Gasteiger partial charge in [-0.3, -0.25) is 14.4 Å². The van der Waals surface area contributed by atoms with Gasteiger partial charge in [-0.15, -0.1) is 0 Å². The van der Waals surface area contributed by atoms with Gasteiger partial charge in [-0.2, -0.15) is 0 Å². The summed E-state index contributed by atoms with van der Waals surface area (Å²) in [6.45, 7) is 4.00. The molecule has 1 fully saturated rings. The number of aryl methyl sites for hydroxylation is 1. The van der Waals surface area contributed by atoms with Crippen LogP contribution < -0.4 is 15.0 Å². The molecule has 1 heterocycles. The van der Waals surface area contributed by atoms with Crippen LogP contribution in [0.5, 0.6) is 11.5 Å². The molecular weight excluding hydrogens is 440 g/mol. The average molecular weight is 467 g/mol. The van der Waals surface area contributed by atoms with Gasteiger partial charge in [0.05, 0.1) is 23.1 Å². The molecule has 0 saturated carbocycles. The number of imide groups is 1. The van der Waals surface area contributed by atoms with Crippen molar-refractivity contribution in [1.82, 2.24) is 0 Å². The molecule has 2 atom stereocenters. The molecule has 0 unspecified atom stereocenters. The van der Waals surface area contributed by atoms with Crippen LogP contribution in [0.25, 0.3) is 0 Å². The van der Waals surface area contributed by atoms with Crippen LogP contribution in [0, 0.1) is 18.8 Å². The molecule has 0 bridgehead atoms. The minimum Gasteiger partial charge on any atom is -0.457 e. The van der Waals surface area contributed by atoms with E-state index in [2.05, 4.69) is 5.32 Å². The molecule has 1 aliphatic heterocycles. The molecule has 35 heavy (non-hydrogen) atoms. The second-order valence-corrected chi connectivity index (χ2v) is 9.13. The highest BCUT2D eigenvalue weighted by Gasteiger charge is 2.49. The van der Waals surface area contributed by atoms with Crippen molar-refractivity contribution in [3.63, 3.8) is 0 Å². The fourth-order valence-corrected chi connectivity index (χ4v) is 4.68. The van der Waals surface area contributed by atoms with Crippen molar-refractivity contribution in [2.75, 3.05) is 10.2 Å². The molecule has 0 radical (unpaired) electrons. The number of allylic oxidation sites excluding steroid dienone is 2. The first-order valence-corrected chi connectivity index (χ1v) is 11.7.